The van der Waals surface area contributed by atoms with Crippen molar-refractivity contribution in [2.24, 2.45) is 0 Å². The SMILES string of the molecule is CC(C)(C)OC(=O)N[C@H]1CCCC[C@@H]1c1oc2c(N(Cc3cccs3)C(=O)OC(C)(C)C)cc(Cl)nc2c1Br. The first-order valence-corrected chi connectivity index (χ1v) is 15.1. The number of anilines is 1. The van der Waals surface area contributed by atoms with Crippen LogP contribution in [-0.2, 0) is 16.0 Å². The number of halogens is 2. The van der Waals surface area contributed by atoms with Gasteiger partial charge in [0.05, 0.1) is 16.7 Å². The summed E-state index contributed by atoms with van der Waals surface area (Å²) in [5.74, 6) is 0.538. The zero-order valence-corrected chi connectivity index (χ0v) is 26.3. The van der Waals surface area contributed by atoms with Gasteiger partial charge in [0.15, 0.2) is 5.58 Å². The number of furan rings is 1. The van der Waals surface area contributed by atoms with E-state index in [1.807, 2.05) is 59.1 Å². The van der Waals surface area contributed by atoms with Gasteiger partial charge in [-0.15, -0.1) is 11.3 Å². The number of hydrogen-bond donors (Lipinski definition) is 1. The summed E-state index contributed by atoms with van der Waals surface area (Å²) in [7, 11) is 0. The fourth-order valence-corrected chi connectivity index (χ4v) is 6.17. The summed E-state index contributed by atoms with van der Waals surface area (Å²) >= 11 is 11.7. The first-order valence-electron chi connectivity index (χ1n) is 13.0. The molecule has 0 radical (unpaired) electrons. The third-order valence-electron chi connectivity index (χ3n) is 6.16. The number of thiophene rings is 1. The third-order valence-corrected chi connectivity index (χ3v) is 7.98. The maximum Gasteiger partial charge on any atom is 0.415 e. The van der Waals surface area contributed by atoms with Gasteiger partial charge in [0.2, 0.25) is 0 Å². The van der Waals surface area contributed by atoms with Crippen LogP contribution in [0, 0.1) is 0 Å². The van der Waals surface area contributed by atoms with Crippen molar-refractivity contribution in [1.29, 1.82) is 0 Å². The van der Waals surface area contributed by atoms with Crippen LogP contribution in [0.15, 0.2) is 32.5 Å². The molecule has 3 aromatic heterocycles. The minimum absolute atomic E-state index is 0.117. The van der Waals surface area contributed by atoms with Crippen molar-refractivity contribution in [3.05, 3.63) is 43.8 Å². The Labute approximate surface area is 246 Å². The number of nitrogens with one attached hydrogen (secondary N) is 1. The highest BCUT2D eigenvalue weighted by atomic mass is 79.9. The molecule has 1 N–H and O–H groups in total. The van der Waals surface area contributed by atoms with E-state index in [9.17, 15) is 9.59 Å². The van der Waals surface area contributed by atoms with E-state index in [2.05, 4.69) is 26.2 Å². The van der Waals surface area contributed by atoms with Crippen LogP contribution in [0.1, 0.15) is 83.8 Å². The Balaban J connectivity index is 1.76. The highest BCUT2D eigenvalue weighted by Gasteiger charge is 2.36. The van der Waals surface area contributed by atoms with Crippen molar-refractivity contribution in [2.45, 2.75) is 96.9 Å². The molecule has 0 bridgehead atoms. The Morgan fingerprint density at radius 2 is 1.87 bits per heavy atom. The van der Waals surface area contributed by atoms with Crippen molar-refractivity contribution >= 4 is 67.8 Å². The van der Waals surface area contributed by atoms with Crippen molar-refractivity contribution in [1.82, 2.24) is 10.3 Å². The zero-order chi connectivity index (χ0) is 28.5. The average molecular weight is 641 g/mol. The van der Waals surface area contributed by atoms with E-state index >= 15 is 0 Å². The van der Waals surface area contributed by atoms with E-state index in [1.54, 1.807) is 17.4 Å². The molecule has 3 heterocycles. The summed E-state index contributed by atoms with van der Waals surface area (Å²) in [6.07, 6.45) is 2.60. The van der Waals surface area contributed by atoms with Crippen molar-refractivity contribution in [3.8, 4) is 0 Å². The summed E-state index contributed by atoms with van der Waals surface area (Å²) in [5.41, 5.74) is 0.0987. The number of ether oxygens (including phenoxy) is 2. The van der Waals surface area contributed by atoms with E-state index < -0.39 is 23.4 Å². The predicted molar refractivity (Wildman–Crippen MR) is 158 cm³/mol. The van der Waals surface area contributed by atoms with Crippen LogP contribution in [0.2, 0.25) is 5.15 Å². The number of carbonyl (C=O) groups excluding carboxylic acids is 2. The first-order chi connectivity index (χ1) is 18.2. The van der Waals surface area contributed by atoms with E-state index in [-0.39, 0.29) is 23.7 Å². The van der Waals surface area contributed by atoms with Crippen LogP contribution in [0.25, 0.3) is 11.1 Å². The van der Waals surface area contributed by atoms with Gasteiger partial charge < -0.3 is 19.2 Å². The van der Waals surface area contributed by atoms with Gasteiger partial charge in [-0.25, -0.2) is 14.6 Å². The highest BCUT2D eigenvalue weighted by molar-refractivity contribution is 9.10. The maximum atomic E-state index is 13.5. The minimum Gasteiger partial charge on any atom is -0.456 e. The summed E-state index contributed by atoms with van der Waals surface area (Å²) in [6, 6.07) is 5.33. The molecule has 2 atom stereocenters. The van der Waals surface area contributed by atoms with E-state index in [0.29, 0.717) is 27.0 Å². The Morgan fingerprint density at radius 3 is 2.51 bits per heavy atom. The van der Waals surface area contributed by atoms with Crippen molar-refractivity contribution in [2.75, 3.05) is 4.90 Å². The lowest BCUT2D eigenvalue weighted by atomic mass is 9.83. The number of alkyl carbamates (subject to hydrolysis) is 1. The second-order valence-electron chi connectivity index (χ2n) is 11.7. The van der Waals surface area contributed by atoms with Gasteiger partial charge in [-0.2, -0.15) is 0 Å². The first kappa shape index (κ1) is 29.7. The van der Waals surface area contributed by atoms with Crippen LogP contribution in [0.3, 0.4) is 0 Å². The molecule has 4 rings (SSSR count). The van der Waals surface area contributed by atoms with Gasteiger partial charge >= 0.3 is 12.2 Å². The summed E-state index contributed by atoms with van der Waals surface area (Å²) < 4.78 is 18.4. The Bertz CT molecular complexity index is 1330. The molecule has 11 heteroatoms. The monoisotopic (exact) mass is 639 g/mol. The molecular formula is C28H35BrClN3O5S. The zero-order valence-electron chi connectivity index (χ0n) is 23.1. The fraction of sp³-hybridized carbons (Fsp3) is 0.536. The summed E-state index contributed by atoms with van der Waals surface area (Å²) in [4.78, 5) is 33.1. The summed E-state index contributed by atoms with van der Waals surface area (Å²) in [6.45, 7) is 11.3. The van der Waals surface area contributed by atoms with Gasteiger partial charge in [-0.1, -0.05) is 30.5 Å². The molecule has 1 fully saturated rings. The van der Waals surface area contributed by atoms with Gasteiger partial charge in [0.25, 0.3) is 0 Å². The fourth-order valence-electron chi connectivity index (χ4n) is 4.65. The van der Waals surface area contributed by atoms with Gasteiger partial charge in [0, 0.05) is 22.9 Å². The van der Waals surface area contributed by atoms with E-state index in [0.717, 1.165) is 30.6 Å². The number of carbonyl (C=O) groups is 2. The van der Waals surface area contributed by atoms with Gasteiger partial charge in [-0.3, -0.25) is 4.90 Å². The number of amides is 2. The van der Waals surface area contributed by atoms with Crippen molar-refractivity contribution < 1.29 is 23.5 Å². The van der Waals surface area contributed by atoms with Crippen LogP contribution in [-0.4, -0.2) is 34.4 Å². The average Bonchev–Trinajstić information content (AvgIpc) is 3.43. The molecule has 2 amide bonds. The lowest BCUT2D eigenvalue weighted by Crippen LogP contribution is -2.43. The summed E-state index contributed by atoms with van der Waals surface area (Å²) in [5, 5.41) is 5.22. The standard InChI is InChI=1S/C28H35BrClN3O5S/c1-27(2,3)37-25(34)31-18-12-8-7-11-17(18)23-21(29)22-24(36-23)19(14-20(30)32-22)33(15-16-10-9-13-39-16)26(35)38-28(4,5)6/h9-10,13-14,17-18H,7-8,11-12,15H2,1-6H3,(H,31,34)/t17-,18-/m0/s1. The molecule has 0 unspecified atom stereocenters. The number of rotatable bonds is 5. The van der Waals surface area contributed by atoms with Crippen LogP contribution in [0.5, 0.6) is 0 Å². The number of pyridine rings is 1. The largest absolute Gasteiger partial charge is 0.456 e. The molecular weight excluding hydrogens is 606 g/mol. The maximum absolute atomic E-state index is 13.5. The number of aromatic nitrogens is 1. The quantitative estimate of drug-likeness (QED) is 0.280. The van der Waals surface area contributed by atoms with Crippen LogP contribution in [0.4, 0.5) is 15.3 Å². The molecule has 212 valence electrons. The molecule has 1 aliphatic rings. The molecule has 0 aromatic carbocycles. The van der Waals surface area contributed by atoms with Crippen LogP contribution >= 0.6 is 38.9 Å². The van der Waals surface area contributed by atoms with Gasteiger partial charge in [-0.05, 0) is 81.8 Å². The second kappa shape index (κ2) is 11.7. The molecule has 1 saturated carbocycles. The predicted octanol–water partition coefficient (Wildman–Crippen LogP) is 8.80. The van der Waals surface area contributed by atoms with Crippen LogP contribution < -0.4 is 10.2 Å². The smallest absolute Gasteiger partial charge is 0.415 e. The Kier molecular flexibility index (Phi) is 8.88. The Hall–Kier alpha value is -2.30. The molecule has 8 nitrogen and oxygen atoms in total. The van der Waals surface area contributed by atoms with E-state index in [1.165, 1.54) is 4.90 Å². The van der Waals surface area contributed by atoms with Crippen molar-refractivity contribution in [3.63, 3.8) is 0 Å². The molecule has 39 heavy (non-hydrogen) atoms. The molecule has 3 aromatic rings. The normalized spacial score (nSPS) is 18.2. The highest BCUT2D eigenvalue weighted by Crippen LogP contribution is 2.44. The molecule has 0 spiro atoms. The topological polar surface area (TPSA) is 93.9 Å². The van der Waals surface area contributed by atoms with E-state index in [4.69, 9.17) is 25.5 Å². The Morgan fingerprint density at radius 1 is 1.18 bits per heavy atom. The molecule has 1 aliphatic carbocycles. The number of hydrogen-bond acceptors (Lipinski definition) is 7. The molecule has 0 aliphatic heterocycles. The third kappa shape index (κ3) is 7.46. The minimum atomic E-state index is -0.696. The lowest BCUT2D eigenvalue weighted by Gasteiger charge is -2.32. The van der Waals surface area contributed by atoms with Gasteiger partial charge in [0.1, 0.15) is 27.6 Å². The number of fused-ring (bicyclic) bond motifs is 1. The molecule has 0 saturated heterocycles. The number of nitrogens with zero attached hydrogens (tertiary/aromatic N) is 2. The second-order valence-corrected chi connectivity index (χ2v) is 13.9. The lowest BCUT2D eigenvalue weighted by molar-refractivity contribution is 0.0480.